The quantitative estimate of drug-likeness (QED) is 0.594. The Hall–Kier alpha value is -1.88. The molecule has 0 bridgehead atoms. The summed E-state index contributed by atoms with van der Waals surface area (Å²) in [7, 11) is 2.22. The van der Waals surface area contributed by atoms with Crippen LogP contribution in [0.4, 0.5) is 0 Å². The number of rotatable bonds is 2. The maximum atomic E-state index is 6.35. The molecule has 0 saturated carbocycles. The van der Waals surface area contributed by atoms with Gasteiger partial charge in [0.2, 0.25) is 0 Å². The summed E-state index contributed by atoms with van der Waals surface area (Å²) in [5.74, 6) is 1.41. The Kier molecular flexibility index (Phi) is 4.51. The van der Waals surface area contributed by atoms with E-state index in [2.05, 4.69) is 73.8 Å². The van der Waals surface area contributed by atoms with E-state index in [1.807, 2.05) is 0 Å². The van der Waals surface area contributed by atoms with Crippen molar-refractivity contribution in [2.75, 3.05) is 20.3 Å². The number of hydrogen-bond donors (Lipinski definition) is 0. The van der Waals surface area contributed by atoms with Gasteiger partial charge in [0.05, 0.1) is 25.1 Å². The van der Waals surface area contributed by atoms with Crippen LogP contribution in [0.3, 0.4) is 0 Å². The maximum Gasteiger partial charge on any atom is 0.157 e. The van der Waals surface area contributed by atoms with Crippen molar-refractivity contribution in [3.63, 3.8) is 0 Å². The molecule has 2 heterocycles. The van der Waals surface area contributed by atoms with E-state index in [0.717, 1.165) is 25.5 Å². The van der Waals surface area contributed by atoms with Gasteiger partial charge in [-0.15, -0.1) is 0 Å². The molecule has 0 aliphatic carbocycles. The largest absolute Gasteiger partial charge is 1.00 e. The maximum absolute atomic E-state index is 6.35. The summed E-state index contributed by atoms with van der Waals surface area (Å²) in [4.78, 5) is 6.35. The number of halogens is 1. The highest BCUT2D eigenvalue weighted by Crippen LogP contribution is 2.50. The molecule has 3 atom stereocenters. The Morgan fingerprint density at radius 2 is 1.69 bits per heavy atom. The van der Waals surface area contributed by atoms with Gasteiger partial charge in [0.25, 0.3) is 0 Å². The summed E-state index contributed by atoms with van der Waals surface area (Å²) in [5.41, 5.74) is 2.62. The molecule has 1 saturated heterocycles. The first-order valence-electron chi connectivity index (χ1n) is 8.93. The Morgan fingerprint density at radius 3 is 2.54 bits per heavy atom. The zero-order valence-corrected chi connectivity index (χ0v) is 16.4. The monoisotopic (exact) mass is 411 g/mol. The Bertz CT molecular complexity index is 930. The summed E-state index contributed by atoms with van der Waals surface area (Å²) < 4.78 is 6.68. The average molecular weight is 412 g/mol. The van der Waals surface area contributed by atoms with E-state index in [1.165, 1.54) is 21.9 Å². The SMILES string of the molecule is C[N+]1(Cc2ccccc2)OC[C@@H]2COc3ccc4ccccc4c3[C@@H]21.[Br-]. The first-order valence-corrected chi connectivity index (χ1v) is 8.93. The molecule has 26 heavy (non-hydrogen) atoms. The van der Waals surface area contributed by atoms with Crippen molar-refractivity contribution in [2.45, 2.75) is 12.6 Å². The normalized spacial score (nSPS) is 26.5. The van der Waals surface area contributed by atoms with Crippen LogP contribution in [0, 0.1) is 5.92 Å². The number of ether oxygens (including phenoxy) is 1. The molecule has 134 valence electrons. The lowest BCUT2D eigenvalue weighted by Gasteiger charge is -2.37. The molecular formula is C22H22BrNO2. The molecule has 0 radical (unpaired) electrons. The zero-order chi connectivity index (χ0) is 16.9. The van der Waals surface area contributed by atoms with Crippen LogP contribution in [0.15, 0.2) is 66.7 Å². The van der Waals surface area contributed by atoms with Crippen LogP contribution in [0.2, 0.25) is 0 Å². The van der Waals surface area contributed by atoms with Gasteiger partial charge in [-0.3, -0.25) is 0 Å². The van der Waals surface area contributed by atoms with Gasteiger partial charge in [-0.05, 0) is 16.8 Å². The van der Waals surface area contributed by atoms with Crippen molar-refractivity contribution in [3.8, 4) is 5.75 Å². The molecular weight excluding hydrogens is 390 g/mol. The number of hydrogen-bond acceptors (Lipinski definition) is 2. The van der Waals surface area contributed by atoms with Gasteiger partial charge < -0.3 is 21.7 Å². The van der Waals surface area contributed by atoms with Gasteiger partial charge in [-0.25, -0.2) is 4.84 Å². The second kappa shape index (κ2) is 6.69. The Labute approximate surface area is 164 Å². The zero-order valence-electron chi connectivity index (χ0n) is 14.8. The van der Waals surface area contributed by atoms with Crippen LogP contribution in [0.5, 0.6) is 5.75 Å². The van der Waals surface area contributed by atoms with E-state index in [0.29, 0.717) is 16.6 Å². The van der Waals surface area contributed by atoms with Gasteiger partial charge in [0.1, 0.15) is 18.9 Å². The van der Waals surface area contributed by atoms with Crippen LogP contribution in [0.25, 0.3) is 10.8 Å². The minimum Gasteiger partial charge on any atom is -1.00 e. The highest BCUT2D eigenvalue weighted by molar-refractivity contribution is 5.88. The highest BCUT2D eigenvalue weighted by atomic mass is 79.9. The number of nitrogens with zero attached hydrogens (tertiary/aromatic N) is 1. The summed E-state index contributed by atoms with van der Waals surface area (Å²) in [5, 5.41) is 2.56. The molecule has 0 aromatic heterocycles. The molecule has 2 aliphatic heterocycles. The number of fused-ring (bicyclic) bond motifs is 5. The van der Waals surface area contributed by atoms with Crippen molar-refractivity contribution in [1.29, 1.82) is 0 Å². The van der Waals surface area contributed by atoms with Gasteiger partial charge in [0.15, 0.2) is 6.04 Å². The minimum atomic E-state index is 0. The number of quaternary nitrogens is 1. The van der Waals surface area contributed by atoms with Crippen LogP contribution in [-0.2, 0) is 11.4 Å². The van der Waals surface area contributed by atoms with Crippen LogP contribution < -0.4 is 21.7 Å². The third-order valence-corrected chi connectivity index (χ3v) is 5.64. The summed E-state index contributed by atoms with van der Waals surface area (Å²) in [6.45, 7) is 2.35. The Morgan fingerprint density at radius 1 is 0.923 bits per heavy atom. The number of hydroxylamine groups is 3. The lowest BCUT2D eigenvalue weighted by Crippen LogP contribution is -3.00. The fourth-order valence-corrected chi connectivity index (χ4v) is 4.52. The number of benzene rings is 3. The van der Waals surface area contributed by atoms with Crippen molar-refractivity contribution in [1.82, 2.24) is 0 Å². The lowest BCUT2D eigenvalue weighted by atomic mass is 9.87. The van der Waals surface area contributed by atoms with Gasteiger partial charge >= 0.3 is 0 Å². The van der Waals surface area contributed by atoms with Crippen molar-refractivity contribution in [3.05, 3.63) is 77.9 Å². The fraction of sp³-hybridized carbons (Fsp3) is 0.273. The summed E-state index contributed by atoms with van der Waals surface area (Å²) in [6, 6.07) is 23.8. The first kappa shape index (κ1) is 17.5. The van der Waals surface area contributed by atoms with Gasteiger partial charge in [-0.1, -0.05) is 60.7 Å². The van der Waals surface area contributed by atoms with E-state index in [4.69, 9.17) is 9.57 Å². The van der Waals surface area contributed by atoms with E-state index < -0.39 is 0 Å². The van der Waals surface area contributed by atoms with Crippen molar-refractivity contribution in [2.24, 2.45) is 5.92 Å². The first-order chi connectivity index (χ1) is 12.2. The third-order valence-electron chi connectivity index (χ3n) is 5.64. The smallest absolute Gasteiger partial charge is 0.157 e. The van der Waals surface area contributed by atoms with Gasteiger partial charge in [-0.2, -0.15) is 4.65 Å². The molecule has 3 aromatic carbocycles. The predicted octanol–water partition coefficient (Wildman–Crippen LogP) is 1.49. The van der Waals surface area contributed by atoms with Crippen LogP contribution in [0.1, 0.15) is 17.2 Å². The predicted molar refractivity (Wildman–Crippen MR) is 98.0 cm³/mol. The molecule has 3 nitrogen and oxygen atoms in total. The van der Waals surface area contributed by atoms with Crippen molar-refractivity contribution >= 4 is 10.8 Å². The molecule has 4 heteroatoms. The third kappa shape index (κ3) is 2.73. The standard InChI is InChI=1S/C22H22NO2.BrH/c1-23(13-16-7-3-2-4-8-16)22-18(15-25-23)14-24-20-12-11-17-9-5-6-10-19(17)21(20)22;/h2-12,18,22H,13-15H2,1H3;1H/q+1;/p-1/t18-,22+,23?;/m0./s1. The summed E-state index contributed by atoms with van der Waals surface area (Å²) in [6.07, 6.45) is 0. The molecule has 0 N–H and O–H groups in total. The van der Waals surface area contributed by atoms with E-state index in [1.54, 1.807) is 0 Å². The highest BCUT2D eigenvalue weighted by Gasteiger charge is 2.52. The van der Waals surface area contributed by atoms with Crippen LogP contribution in [-0.4, -0.2) is 24.9 Å². The van der Waals surface area contributed by atoms with E-state index >= 15 is 0 Å². The van der Waals surface area contributed by atoms with Crippen LogP contribution >= 0.6 is 0 Å². The molecule has 1 unspecified atom stereocenters. The second-order valence-electron chi connectivity index (χ2n) is 7.33. The van der Waals surface area contributed by atoms with E-state index in [-0.39, 0.29) is 17.0 Å². The molecule has 1 fully saturated rings. The lowest BCUT2D eigenvalue weighted by molar-refractivity contribution is -1.11. The summed E-state index contributed by atoms with van der Waals surface area (Å²) >= 11 is 0. The van der Waals surface area contributed by atoms with Gasteiger partial charge in [0, 0.05) is 5.56 Å². The molecule has 3 aromatic rings. The average Bonchev–Trinajstić information content (AvgIpc) is 2.99. The Balaban J connectivity index is 0.00000168. The van der Waals surface area contributed by atoms with Crippen molar-refractivity contribution < 1.29 is 31.2 Å². The molecule has 2 aliphatic rings. The second-order valence-corrected chi connectivity index (χ2v) is 7.33. The molecule has 0 amide bonds. The minimum absolute atomic E-state index is 0. The topological polar surface area (TPSA) is 18.5 Å². The molecule has 0 spiro atoms. The molecule has 5 rings (SSSR count). The fourth-order valence-electron chi connectivity index (χ4n) is 4.52. The van der Waals surface area contributed by atoms with E-state index in [9.17, 15) is 0 Å².